The van der Waals surface area contributed by atoms with E-state index in [1.807, 2.05) is 0 Å². The van der Waals surface area contributed by atoms with Crippen molar-refractivity contribution < 1.29 is 4.74 Å². The molecule has 2 aliphatic rings. The van der Waals surface area contributed by atoms with Crippen LogP contribution in [0.1, 0.15) is 60.3 Å². The van der Waals surface area contributed by atoms with Crippen LogP contribution in [0.2, 0.25) is 0 Å². The molecule has 0 radical (unpaired) electrons. The van der Waals surface area contributed by atoms with Gasteiger partial charge in [0.1, 0.15) is 0 Å². The fourth-order valence-electron chi connectivity index (χ4n) is 3.12. The second-order valence-corrected chi connectivity index (χ2v) is 6.75. The van der Waals surface area contributed by atoms with Crippen LogP contribution in [0.25, 0.3) is 0 Å². The summed E-state index contributed by atoms with van der Waals surface area (Å²) in [5.41, 5.74) is 0.936. The van der Waals surface area contributed by atoms with E-state index in [2.05, 4.69) is 34.6 Å². The molecule has 0 atom stereocenters. The van der Waals surface area contributed by atoms with Gasteiger partial charge < -0.3 is 4.74 Å². The molecule has 1 saturated heterocycles. The Labute approximate surface area is 88.2 Å². The van der Waals surface area contributed by atoms with E-state index in [0.717, 1.165) is 5.92 Å². The molecule has 1 heterocycles. The largest absolute Gasteiger partial charge is 0.363 e. The first-order chi connectivity index (χ1) is 6.27. The van der Waals surface area contributed by atoms with E-state index in [1.165, 1.54) is 25.7 Å². The van der Waals surface area contributed by atoms with E-state index in [1.54, 1.807) is 0 Å². The zero-order chi connectivity index (χ0) is 10.6. The van der Waals surface area contributed by atoms with Crippen LogP contribution in [0, 0.1) is 11.3 Å². The Morgan fingerprint density at radius 2 is 1.50 bits per heavy atom. The Hall–Kier alpha value is -0.0400. The lowest BCUT2D eigenvalue weighted by atomic mass is 9.68. The first-order valence-electron chi connectivity index (χ1n) is 5.97. The average Bonchev–Trinajstić information content (AvgIpc) is 2.51. The zero-order valence-electron chi connectivity index (χ0n) is 10.3. The van der Waals surface area contributed by atoms with Gasteiger partial charge in [0.15, 0.2) is 0 Å². The third-order valence-electron chi connectivity index (χ3n) is 4.52. The van der Waals surface area contributed by atoms with Gasteiger partial charge in [-0.3, -0.25) is 0 Å². The van der Waals surface area contributed by atoms with Crippen molar-refractivity contribution in [3.05, 3.63) is 0 Å². The molecular formula is C13H24O. The fraction of sp³-hybridized carbons (Fsp3) is 1.00. The van der Waals surface area contributed by atoms with Gasteiger partial charge in [0, 0.05) is 0 Å². The molecule has 14 heavy (non-hydrogen) atoms. The van der Waals surface area contributed by atoms with Gasteiger partial charge in [-0.15, -0.1) is 0 Å². The highest BCUT2D eigenvalue weighted by molar-refractivity contribution is 5.12. The summed E-state index contributed by atoms with van der Waals surface area (Å²) in [4.78, 5) is 0. The average molecular weight is 196 g/mol. The third kappa shape index (κ3) is 1.50. The van der Waals surface area contributed by atoms with Crippen LogP contribution in [-0.2, 0) is 4.74 Å². The maximum Gasteiger partial charge on any atom is 0.0974 e. The maximum atomic E-state index is 5.89. The zero-order valence-corrected chi connectivity index (χ0v) is 10.3. The van der Waals surface area contributed by atoms with E-state index < -0.39 is 0 Å². The van der Waals surface area contributed by atoms with Gasteiger partial charge in [-0.25, -0.2) is 0 Å². The topological polar surface area (TPSA) is 12.5 Å². The minimum atomic E-state index is 0.176. The predicted octanol–water partition coefficient (Wildman–Crippen LogP) is 3.77. The second-order valence-electron chi connectivity index (χ2n) is 6.75. The molecule has 1 saturated carbocycles. The number of epoxide rings is 1. The first-order valence-corrected chi connectivity index (χ1v) is 5.97. The Balaban J connectivity index is 1.95. The summed E-state index contributed by atoms with van der Waals surface area (Å²) < 4.78 is 5.89. The van der Waals surface area contributed by atoms with E-state index in [9.17, 15) is 0 Å². The highest BCUT2D eigenvalue weighted by Crippen LogP contribution is 2.58. The Kier molecular flexibility index (Phi) is 2.06. The van der Waals surface area contributed by atoms with Crippen LogP contribution in [0.15, 0.2) is 0 Å². The highest BCUT2D eigenvalue weighted by atomic mass is 16.6. The molecular weight excluding hydrogens is 172 g/mol. The summed E-state index contributed by atoms with van der Waals surface area (Å²) in [5.74, 6) is 0.896. The minimum absolute atomic E-state index is 0.176. The van der Waals surface area contributed by atoms with Gasteiger partial charge in [-0.1, -0.05) is 20.8 Å². The van der Waals surface area contributed by atoms with Crippen molar-refractivity contribution in [3.63, 3.8) is 0 Å². The molecule has 82 valence electrons. The van der Waals surface area contributed by atoms with Crippen molar-refractivity contribution >= 4 is 0 Å². The Morgan fingerprint density at radius 3 is 1.79 bits per heavy atom. The molecule has 0 aromatic heterocycles. The minimum Gasteiger partial charge on any atom is -0.363 e. The molecule has 2 fully saturated rings. The maximum absolute atomic E-state index is 5.89. The van der Waals surface area contributed by atoms with Crippen molar-refractivity contribution in [1.82, 2.24) is 0 Å². The monoisotopic (exact) mass is 196 g/mol. The van der Waals surface area contributed by atoms with E-state index in [0.29, 0.717) is 5.41 Å². The molecule has 2 rings (SSSR count). The van der Waals surface area contributed by atoms with Crippen LogP contribution in [0.5, 0.6) is 0 Å². The summed E-state index contributed by atoms with van der Waals surface area (Å²) in [7, 11) is 0. The summed E-state index contributed by atoms with van der Waals surface area (Å²) in [6.45, 7) is 11.6. The highest BCUT2D eigenvalue weighted by Gasteiger charge is 2.64. The molecule has 0 amide bonds. The van der Waals surface area contributed by atoms with Gasteiger partial charge in [-0.05, 0) is 50.9 Å². The third-order valence-corrected chi connectivity index (χ3v) is 4.52. The molecule has 0 bridgehead atoms. The van der Waals surface area contributed by atoms with Gasteiger partial charge in [0.2, 0.25) is 0 Å². The molecule has 0 unspecified atom stereocenters. The lowest BCUT2D eigenvalue weighted by Crippen LogP contribution is -2.32. The Morgan fingerprint density at radius 1 is 1.07 bits per heavy atom. The summed E-state index contributed by atoms with van der Waals surface area (Å²) >= 11 is 0. The predicted molar refractivity (Wildman–Crippen MR) is 59.3 cm³/mol. The normalized spacial score (nSPS) is 41.4. The lowest BCUT2D eigenvalue weighted by Gasteiger charge is -2.36. The van der Waals surface area contributed by atoms with Crippen LogP contribution < -0.4 is 0 Å². The molecule has 1 nitrogen and oxygen atoms in total. The SMILES string of the molecule is CC(C)(C)C1CCC2(CC1)OC2(C)C. The standard InChI is InChI=1S/C13H24O/c1-11(2,3)10-6-8-13(9-7-10)12(4,5)14-13/h10H,6-9H2,1-5H3. The van der Waals surface area contributed by atoms with Crippen molar-refractivity contribution in [2.24, 2.45) is 11.3 Å². The number of rotatable bonds is 0. The molecule has 0 N–H and O–H groups in total. The van der Waals surface area contributed by atoms with Crippen molar-refractivity contribution in [2.75, 3.05) is 0 Å². The smallest absolute Gasteiger partial charge is 0.0974 e. The van der Waals surface area contributed by atoms with E-state index in [-0.39, 0.29) is 11.2 Å². The van der Waals surface area contributed by atoms with Crippen LogP contribution >= 0.6 is 0 Å². The van der Waals surface area contributed by atoms with E-state index >= 15 is 0 Å². The summed E-state index contributed by atoms with van der Waals surface area (Å²) in [6, 6.07) is 0. The lowest BCUT2D eigenvalue weighted by molar-refractivity contribution is 0.124. The van der Waals surface area contributed by atoms with Gasteiger partial charge in [0.05, 0.1) is 11.2 Å². The quantitative estimate of drug-likeness (QED) is 0.537. The van der Waals surface area contributed by atoms with Gasteiger partial charge in [-0.2, -0.15) is 0 Å². The number of hydrogen-bond acceptors (Lipinski definition) is 1. The van der Waals surface area contributed by atoms with Gasteiger partial charge >= 0.3 is 0 Å². The number of ether oxygens (including phenoxy) is 1. The molecule has 0 aromatic rings. The van der Waals surface area contributed by atoms with Crippen LogP contribution in [0.4, 0.5) is 0 Å². The van der Waals surface area contributed by atoms with Crippen molar-refractivity contribution in [2.45, 2.75) is 71.5 Å². The summed E-state index contributed by atoms with van der Waals surface area (Å²) in [5, 5.41) is 0. The number of hydrogen-bond donors (Lipinski definition) is 0. The molecule has 1 aliphatic carbocycles. The van der Waals surface area contributed by atoms with Crippen LogP contribution in [0.3, 0.4) is 0 Å². The van der Waals surface area contributed by atoms with E-state index in [4.69, 9.17) is 4.74 Å². The van der Waals surface area contributed by atoms with Crippen LogP contribution in [-0.4, -0.2) is 11.2 Å². The fourth-order valence-corrected chi connectivity index (χ4v) is 3.12. The second kappa shape index (κ2) is 2.75. The van der Waals surface area contributed by atoms with Crippen molar-refractivity contribution in [3.8, 4) is 0 Å². The molecule has 1 heteroatoms. The van der Waals surface area contributed by atoms with Gasteiger partial charge in [0.25, 0.3) is 0 Å². The first kappa shape index (κ1) is 10.5. The molecule has 1 spiro atoms. The molecule has 1 aliphatic heterocycles. The van der Waals surface area contributed by atoms with Crippen molar-refractivity contribution in [1.29, 1.82) is 0 Å². The summed E-state index contributed by atoms with van der Waals surface area (Å²) in [6.07, 6.45) is 5.27. The molecule has 0 aromatic carbocycles. The Bertz CT molecular complexity index is 226.